The zero-order chi connectivity index (χ0) is 11.3. The van der Waals surface area contributed by atoms with Crippen LogP contribution < -0.4 is 5.32 Å². The first kappa shape index (κ1) is 11.1. The van der Waals surface area contributed by atoms with E-state index >= 15 is 0 Å². The average Bonchev–Trinajstić information content (AvgIpc) is 2.16. The zero-order valence-electron chi connectivity index (χ0n) is 8.45. The molecule has 4 nitrogen and oxygen atoms in total. The number of carboxylic acids is 1. The van der Waals surface area contributed by atoms with E-state index in [-0.39, 0.29) is 6.42 Å². The predicted octanol–water partition coefficient (Wildman–Crippen LogP) is 1.75. The van der Waals surface area contributed by atoms with Crippen molar-refractivity contribution in [3.05, 3.63) is 29.3 Å². The normalized spacial score (nSPS) is 9.33. The highest BCUT2D eigenvalue weighted by Gasteiger charge is 1.99. The third kappa shape index (κ3) is 3.69. The minimum atomic E-state index is -0.837. The van der Waals surface area contributed by atoms with Crippen LogP contribution in [0.3, 0.4) is 0 Å². The summed E-state index contributed by atoms with van der Waals surface area (Å²) in [6, 6.07) is 7.41. The van der Waals surface area contributed by atoms with Crippen molar-refractivity contribution in [2.75, 3.05) is 11.9 Å². The SMILES string of the molecule is Cc1cc(C#N)cc(NCCC(=O)O)c1. The number of benzene rings is 1. The van der Waals surface area contributed by atoms with Gasteiger partial charge in [0.25, 0.3) is 0 Å². The quantitative estimate of drug-likeness (QED) is 0.783. The molecule has 0 unspecified atom stereocenters. The van der Waals surface area contributed by atoms with Crippen molar-refractivity contribution in [2.24, 2.45) is 0 Å². The summed E-state index contributed by atoms with van der Waals surface area (Å²) in [7, 11) is 0. The van der Waals surface area contributed by atoms with Crippen LogP contribution in [0.1, 0.15) is 17.5 Å². The fraction of sp³-hybridized carbons (Fsp3) is 0.273. The van der Waals surface area contributed by atoms with Crippen LogP contribution in [0.25, 0.3) is 0 Å². The average molecular weight is 204 g/mol. The Balaban J connectivity index is 2.65. The minimum Gasteiger partial charge on any atom is -0.481 e. The molecule has 1 aromatic carbocycles. The molecule has 2 N–H and O–H groups in total. The first-order valence-corrected chi connectivity index (χ1v) is 4.59. The molecule has 0 fully saturated rings. The molecule has 15 heavy (non-hydrogen) atoms. The fourth-order valence-corrected chi connectivity index (χ4v) is 1.26. The van der Waals surface area contributed by atoms with Crippen LogP contribution in [-0.4, -0.2) is 17.6 Å². The number of carboxylic acid groups (broad SMARTS) is 1. The summed E-state index contributed by atoms with van der Waals surface area (Å²) < 4.78 is 0. The second-order valence-corrected chi connectivity index (χ2v) is 3.27. The predicted molar refractivity (Wildman–Crippen MR) is 56.6 cm³/mol. The molecule has 4 heteroatoms. The van der Waals surface area contributed by atoms with E-state index in [0.717, 1.165) is 11.3 Å². The molecule has 0 bridgehead atoms. The van der Waals surface area contributed by atoms with Crippen molar-refractivity contribution in [1.29, 1.82) is 5.26 Å². The Labute approximate surface area is 88.2 Å². The Morgan fingerprint density at radius 1 is 1.53 bits per heavy atom. The Bertz CT molecular complexity index is 408. The topological polar surface area (TPSA) is 73.1 Å². The Kier molecular flexibility index (Phi) is 3.69. The smallest absolute Gasteiger partial charge is 0.305 e. The molecule has 0 aliphatic carbocycles. The van der Waals surface area contributed by atoms with Gasteiger partial charge in [-0.05, 0) is 30.7 Å². The van der Waals surface area contributed by atoms with Gasteiger partial charge in [0.05, 0.1) is 18.1 Å². The molecule has 0 aromatic heterocycles. The van der Waals surface area contributed by atoms with Crippen LogP contribution >= 0.6 is 0 Å². The number of nitrogens with zero attached hydrogens (tertiary/aromatic N) is 1. The van der Waals surface area contributed by atoms with Gasteiger partial charge in [0, 0.05) is 12.2 Å². The highest BCUT2D eigenvalue weighted by molar-refractivity contribution is 5.67. The van der Waals surface area contributed by atoms with E-state index < -0.39 is 5.97 Å². The lowest BCUT2D eigenvalue weighted by molar-refractivity contribution is -0.136. The lowest BCUT2D eigenvalue weighted by atomic mass is 10.1. The van der Waals surface area contributed by atoms with Gasteiger partial charge in [-0.1, -0.05) is 0 Å². The molecule has 0 aliphatic heterocycles. The molecule has 0 saturated heterocycles. The van der Waals surface area contributed by atoms with Crippen LogP contribution in [0.5, 0.6) is 0 Å². The lowest BCUT2D eigenvalue weighted by Gasteiger charge is -2.06. The molecule has 0 heterocycles. The lowest BCUT2D eigenvalue weighted by Crippen LogP contribution is -2.07. The van der Waals surface area contributed by atoms with E-state index in [1.807, 2.05) is 13.0 Å². The maximum Gasteiger partial charge on any atom is 0.305 e. The summed E-state index contributed by atoms with van der Waals surface area (Å²) in [5, 5.41) is 20.1. The number of hydrogen-bond donors (Lipinski definition) is 2. The number of aryl methyl sites for hydroxylation is 1. The van der Waals surface area contributed by atoms with E-state index in [0.29, 0.717) is 12.1 Å². The number of aliphatic carboxylic acids is 1. The molecular formula is C11H12N2O2. The van der Waals surface area contributed by atoms with Crippen molar-refractivity contribution >= 4 is 11.7 Å². The van der Waals surface area contributed by atoms with Gasteiger partial charge in [0.15, 0.2) is 0 Å². The molecule has 0 amide bonds. The van der Waals surface area contributed by atoms with Crippen molar-refractivity contribution in [1.82, 2.24) is 0 Å². The highest BCUT2D eigenvalue weighted by Crippen LogP contribution is 2.13. The molecular weight excluding hydrogens is 192 g/mol. The third-order valence-corrected chi connectivity index (χ3v) is 1.87. The first-order valence-electron chi connectivity index (χ1n) is 4.59. The summed E-state index contributed by atoms with van der Waals surface area (Å²) in [6.45, 7) is 2.26. The van der Waals surface area contributed by atoms with Gasteiger partial charge in [-0.25, -0.2) is 0 Å². The summed E-state index contributed by atoms with van der Waals surface area (Å²) in [4.78, 5) is 10.3. The zero-order valence-corrected chi connectivity index (χ0v) is 8.45. The number of hydrogen-bond acceptors (Lipinski definition) is 3. The number of rotatable bonds is 4. The van der Waals surface area contributed by atoms with Gasteiger partial charge < -0.3 is 10.4 Å². The van der Waals surface area contributed by atoms with Crippen LogP contribution in [0.2, 0.25) is 0 Å². The Morgan fingerprint density at radius 2 is 2.27 bits per heavy atom. The van der Waals surface area contributed by atoms with E-state index in [2.05, 4.69) is 11.4 Å². The standard InChI is InChI=1S/C11H12N2O2/c1-8-4-9(7-12)6-10(5-8)13-3-2-11(14)15/h4-6,13H,2-3H2,1H3,(H,14,15). The molecule has 0 radical (unpaired) electrons. The van der Waals surface area contributed by atoms with Crippen LogP contribution in [0, 0.1) is 18.3 Å². The number of nitriles is 1. The monoisotopic (exact) mass is 204 g/mol. The van der Waals surface area contributed by atoms with Gasteiger partial charge in [-0.15, -0.1) is 0 Å². The summed E-state index contributed by atoms with van der Waals surface area (Å²) in [6.07, 6.45) is 0.0653. The maximum absolute atomic E-state index is 10.3. The third-order valence-electron chi connectivity index (χ3n) is 1.87. The molecule has 0 aliphatic rings. The van der Waals surface area contributed by atoms with Gasteiger partial charge in [0.2, 0.25) is 0 Å². The van der Waals surface area contributed by atoms with Crippen LogP contribution in [0.15, 0.2) is 18.2 Å². The highest BCUT2D eigenvalue weighted by atomic mass is 16.4. The van der Waals surface area contributed by atoms with Gasteiger partial charge in [-0.3, -0.25) is 4.79 Å². The summed E-state index contributed by atoms with van der Waals surface area (Å²) in [5.41, 5.74) is 2.34. The maximum atomic E-state index is 10.3. The van der Waals surface area contributed by atoms with E-state index in [1.54, 1.807) is 12.1 Å². The number of nitrogens with one attached hydrogen (secondary N) is 1. The molecule has 1 aromatic rings. The molecule has 78 valence electrons. The van der Waals surface area contributed by atoms with Crippen molar-refractivity contribution in [2.45, 2.75) is 13.3 Å². The minimum absolute atomic E-state index is 0.0653. The van der Waals surface area contributed by atoms with E-state index in [4.69, 9.17) is 10.4 Å². The van der Waals surface area contributed by atoms with Crippen LogP contribution in [0.4, 0.5) is 5.69 Å². The molecule has 0 spiro atoms. The van der Waals surface area contributed by atoms with Gasteiger partial charge >= 0.3 is 5.97 Å². The van der Waals surface area contributed by atoms with Gasteiger partial charge in [-0.2, -0.15) is 5.26 Å². The van der Waals surface area contributed by atoms with Crippen molar-refractivity contribution < 1.29 is 9.90 Å². The first-order chi connectivity index (χ1) is 7.11. The molecule has 1 rings (SSSR count). The fourth-order valence-electron chi connectivity index (χ4n) is 1.26. The second kappa shape index (κ2) is 5.01. The molecule has 0 atom stereocenters. The Hall–Kier alpha value is -2.02. The summed E-state index contributed by atoms with van der Waals surface area (Å²) >= 11 is 0. The van der Waals surface area contributed by atoms with Gasteiger partial charge in [0.1, 0.15) is 0 Å². The van der Waals surface area contributed by atoms with Crippen molar-refractivity contribution in [3.8, 4) is 6.07 Å². The van der Waals surface area contributed by atoms with E-state index in [1.165, 1.54) is 0 Å². The molecule has 0 saturated carbocycles. The van der Waals surface area contributed by atoms with E-state index in [9.17, 15) is 4.79 Å². The Morgan fingerprint density at radius 3 is 2.87 bits per heavy atom. The largest absolute Gasteiger partial charge is 0.481 e. The summed E-state index contributed by atoms with van der Waals surface area (Å²) in [5.74, 6) is -0.837. The number of carbonyl (C=O) groups is 1. The number of anilines is 1. The van der Waals surface area contributed by atoms with Crippen molar-refractivity contribution in [3.63, 3.8) is 0 Å². The van der Waals surface area contributed by atoms with Crippen LogP contribution in [-0.2, 0) is 4.79 Å². The second-order valence-electron chi connectivity index (χ2n) is 3.27.